The monoisotopic (exact) mass is 430 g/mol. The first kappa shape index (κ1) is 22.8. The van der Waals surface area contributed by atoms with Gasteiger partial charge in [-0.1, -0.05) is 20.8 Å². The third-order valence-corrected chi connectivity index (χ3v) is 6.31. The second-order valence-corrected chi connectivity index (χ2v) is 9.36. The fourth-order valence-electron chi connectivity index (χ4n) is 4.46. The number of rotatable bonds is 4. The van der Waals surface area contributed by atoms with Crippen molar-refractivity contribution >= 4 is 11.6 Å². The molecule has 30 heavy (non-hydrogen) atoms. The number of hydrogen-bond acceptors (Lipinski definition) is 4. The number of carbonyl (C=O) groups is 1. The van der Waals surface area contributed by atoms with Crippen molar-refractivity contribution in [2.24, 2.45) is 11.3 Å². The SMILES string of the molecule is CC(C)(C)C1CC[C@@H](N2CCN(c3ccc(C(=O)NCC(F)(F)F)nc3F)CC2)C1. The Bertz CT molecular complexity index is 754. The van der Waals surface area contributed by atoms with Crippen LogP contribution in [-0.4, -0.2) is 60.7 Å². The third-order valence-electron chi connectivity index (χ3n) is 6.31. The minimum absolute atomic E-state index is 0.279. The van der Waals surface area contributed by atoms with E-state index in [0.29, 0.717) is 24.5 Å². The van der Waals surface area contributed by atoms with Gasteiger partial charge in [-0.15, -0.1) is 0 Å². The summed E-state index contributed by atoms with van der Waals surface area (Å²) in [6, 6.07) is 3.26. The van der Waals surface area contributed by atoms with E-state index in [1.54, 1.807) is 5.32 Å². The lowest BCUT2D eigenvalue weighted by molar-refractivity contribution is -0.123. The maximum Gasteiger partial charge on any atom is 0.405 e. The first-order valence-electron chi connectivity index (χ1n) is 10.4. The van der Waals surface area contributed by atoms with Crippen molar-refractivity contribution < 1.29 is 22.4 Å². The topological polar surface area (TPSA) is 48.5 Å². The van der Waals surface area contributed by atoms with Gasteiger partial charge < -0.3 is 10.2 Å². The number of anilines is 1. The van der Waals surface area contributed by atoms with Gasteiger partial charge in [-0.2, -0.15) is 17.6 Å². The first-order valence-corrected chi connectivity index (χ1v) is 10.4. The van der Waals surface area contributed by atoms with Gasteiger partial charge in [0.1, 0.15) is 12.2 Å². The molecule has 1 unspecified atom stereocenters. The predicted molar refractivity (Wildman–Crippen MR) is 107 cm³/mol. The van der Waals surface area contributed by atoms with Gasteiger partial charge in [0.15, 0.2) is 0 Å². The van der Waals surface area contributed by atoms with Crippen LogP contribution in [0.25, 0.3) is 0 Å². The number of carbonyl (C=O) groups excluding carboxylic acids is 1. The fraction of sp³-hybridized carbons (Fsp3) is 0.714. The third kappa shape index (κ3) is 5.62. The van der Waals surface area contributed by atoms with Gasteiger partial charge in [0, 0.05) is 32.2 Å². The molecule has 0 bridgehead atoms. The molecule has 1 aromatic rings. The van der Waals surface area contributed by atoms with Crippen molar-refractivity contribution in [2.75, 3.05) is 37.6 Å². The van der Waals surface area contributed by atoms with Crippen LogP contribution in [0.4, 0.5) is 23.2 Å². The summed E-state index contributed by atoms with van der Waals surface area (Å²) in [5.41, 5.74) is 0.235. The van der Waals surface area contributed by atoms with Gasteiger partial charge in [-0.05, 0) is 42.7 Å². The molecule has 9 heteroatoms. The smallest absolute Gasteiger partial charge is 0.365 e. The van der Waals surface area contributed by atoms with Crippen LogP contribution >= 0.6 is 0 Å². The van der Waals surface area contributed by atoms with E-state index < -0.39 is 24.6 Å². The molecular formula is C21H30F4N4O. The van der Waals surface area contributed by atoms with E-state index in [2.05, 4.69) is 30.7 Å². The van der Waals surface area contributed by atoms with E-state index in [9.17, 15) is 22.4 Å². The fourth-order valence-corrected chi connectivity index (χ4v) is 4.46. The molecule has 1 N–H and O–H groups in total. The van der Waals surface area contributed by atoms with Crippen molar-refractivity contribution in [1.29, 1.82) is 0 Å². The summed E-state index contributed by atoms with van der Waals surface area (Å²) in [6.07, 6.45) is -0.897. The largest absolute Gasteiger partial charge is 0.405 e. The molecule has 1 aliphatic heterocycles. The molecule has 1 aromatic heterocycles. The average molecular weight is 430 g/mol. The Morgan fingerprint density at radius 3 is 2.33 bits per heavy atom. The molecule has 0 radical (unpaired) electrons. The van der Waals surface area contributed by atoms with Crippen molar-refractivity contribution in [2.45, 2.75) is 52.3 Å². The van der Waals surface area contributed by atoms with Crippen molar-refractivity contribution in [3.8, 4) is 0 Å². The van der Waals surface area contributed by atoms with Crippen molar-refractivity contribution in [3.63, 3.8) is 0 Å². The number of nitrogens with one attached hydrogen (secondary N) is 1. The zero-order valence-electron chi connectivity index (χ0n) is 17.7. The van der Waals surface area contributed by atoms with Gasteiger partial charge >= 0.3 is 6.18 Å². The molecule has 2 atom stereocenters. The van der Waals surface area contributed by atoms with Gasteiger partial charge in [-0.25, -0.2) is 4.98 Å². The highest BCUT2D eigenvalue weighted by Gasteiger charge is 2.36. The van der Waals surface area contributed by atoms with E-state index in [1.165, 1.54) is 31.4 Å². The van der Waals surface area contributed by atoms with Crippen LogP contribution < -0.4 is 10.2 Å². The minimum atomic E-state index is -4.53. The zero-order chi connectivity index (χ0) is 22.1. The lowest BCUT2D eigenvalue weighted by Crippen LogP contribution is -2.50. The molecule has 1 amide bonds. The number of amides is 1. The number of piperazine rings is 1. The molecule has 0 aromatic carbocycles. The van der Waals surface area contributed by atoms with Crippen LogP contribution in [0, 0.1) is 17.3 Å². The average Bonchev–Trinajstić information content (AvgIpc) is 3.16. The van der Waals surface area contributed by atoms with Crippen LogP contribution in [-0.2, 0) is 0 Å². The Labute approximate surface area is 174 Å². The number of nitrogens with zero attached hydrogens (tertiary/aromatic N) is 3. The Kier molecular flexibility index (Phi) is 6.60. The summed E-state index contributed by atoms with van der Waals surface area (Å²) in [7, 11) is 0. The molecule has 1 saturated heterocycles. The maximum absolute atomic E-state index is 14.5. The number of halogens is 4. The Morgan fingerprint density at radius 2 is 1.80 bits per heavy atom. The van der Waals surface area contributed by atoms with Crippen LogP contribution in [0.3, 0.4) is 0 Å². The highest BCUT2D eigenvalue weighted by atomic mass is 19.4. The summed E-state index contributed by atoms with van der Waals surface area (Å²) < 4.78 is 51.1. The molecule has 2 fully saturated rings. The Hall–Kier alpha value is -1.90. The van der Waals surface area contributed by atoms with Crippen molar-refractivity contribution in [3.05, 3.63) is 23.8 Å². The van der Waals surface area contributed by atoms with Gasteiger partial charge in [0.2, 0.25) is 5.95 Å². The molecular weight excluding hydrogens is 400 g/mol. The first-order chi connectivity index (χ1) is 13.9. The summed E-state index contributed by atoms with van der Waals surface area (Å²) in [4.78, 5) is 19.7. The highest BCUT2D eigenvalue weighted by Crippen LogP contribution is 2.41. The zero-order valence-corrected chi connectivity index (χ0v) is 17.7. The van der Waals surface area contributed by atoms with E-state index in [1.807, 2.05) is 4.90 Å². The molecule has 3 rings (SSSR count). The van der Waals surface area contributed by atoms with Gasteiger partial charge in [-0.3, -0.25) is 9.69 Å². The summed E-state index contributed by atoms with van der Waals surface area (Å²) in [5.74, 6) is -1.16. The summed E-state index contributed by atoms with van der Waals surface area (Å²) in [5, 5.41) is 1.70. The predicted octanol–water partition coefficient (Wildman–Crippen LogP) is 3.85. The molecule has 5 nitrogen and oxygen atoms in total. The molecule has 0 spiro atoms. The number of aromatic nitrogens is 1. The minimum Gasteiger partial charge on any atom is -0.365 e. The van der Waals surface area contributed by atoms with E-state index in [4.69, 9.17) is 0 Å². The van der Waals surface area contributed by atoms with Crippen molar-refractivity contribution in [1.82, 2.24) is 15.2 Å². The van der Waals surface area contributed by atoms with Crippen LogP contribution in [0.1, 0.15) is 50.5 Å². The Morgan fingerprint density at radius 1 is 1.13 bits per heavy atom. The van der Waals surface area contributed by atoms with E-state index in [0.717, 1.165) is 19.0 Å². The second-order valence-electron chi connectivity index (χ2n) is 9.36. The number of pyridine rings is 1. The van der Waals surface area contributed by atoms with Gasteiger partial charge in [0.05, 0.1) is 5.69 Å². The lowest BCUT2D eigenvalue weighted by atomic mass is 9.79. The van der Waals surface area contributed by atoms with E-state index >= 15 is 0 Å². The van der Waals surface area contributed by atoms with Crippen LogP contribution in [0.5, 0.6) is 0 Å². The van der Waals surface area contributed by atoms with Crippen LogP contribution in [0.2, 0.25) is 0 Å². The Balaban J connectivity index is 1.55. The van der Waals surface area contributed by atoms with Gasteiger partial charge in [0.25, 0.3) is 5.91 Å². The molecule has 1 saturated carbocycles. The highest BCUT2D eigenvalue weighted by molar-refractivity contribution is 5.92. The number of hydrogen-bond donors (Lipinski definition) is 1. The normalized spacial score (nSPS) is 23.6. The molecule has 168 valence electrons. The lowest BCUT2D eigenvalue weighted by Gasteiger charge is -2.39. The molecule has 2 heterocycles. The maximum atomic E-state index is 14.5. The summed E-state index contributed by atoms with van der Waals surface area (Å²) in [6.45, 7) is 8.35. The second kappa shape index (κ2) is 8.69. The standard InChI is InChI=1S/C21H30F4N4O/c1-20(2,3)14-4-5-15(12-14)28-8-10-29(11-9-28)17-7-6-16(27-18(17)22)19(30)26-13-21(23,24)25/h6-7,14-15H,4-5,8-13H2,1-3H3,(H,26,30)/t14?,15-/m1/s1. The summed E-state index contributed by atoms with van der Waals surface area (Å²) >= 11 is 0. The molecule has 1 aliphatic carbocycles. The quantitative estimate of drug-likeness (QED) is 0.582. The van der Waals surface area contributed by atoms with Crippen LogP contribution in [0.15, 0.2) is 12.1 Å². The number of alkyl halides is 3. The van der Waals surface area contributed by atoms with E-state index in [-0.39, 0.29) is 11.4 Å². The molecule has 2 aliphatic rings.